The number of aryl methyl sites for hydroxylation is 1. The van der Waals surface area contributed by atoms with E-state index in [1.807, 2.05) is 6.92 Å². The minimum Gasteiger partial charge on any atom is -0.143 e. The van der Waals surface area contributed by atoms with Crippen molar-refractivity contribution in [2.24, 2.45) is 0 Å². The summed E-state index contributed by atoms with van der Waals surface area (Å²) in [7, 11) is 0. The fourth-order valence-electron chi connectivity index (χ4n) is 0.777. The van der Waals surface area contributed by atoms with Gasteiger partial charge in [0.25, 0.3) is 0 Å². The van der Waals surface area contributed by atoms with E-state index in [9.17, 15) is 0 Å². The van der Waals surface area contributed by atoms with Crippen LogP contribution < -0.4 is 0 Å². The number of hydrogen-bond donors (Lipinski definition) is 0. The van der Waals surface area contributed by atoms with Gasteiger partial charge < -0.3 is 0 Å². The highest BCUT2D eigenvalue weighted by atomic mass is 79.9. The van der Waals surface area contributed by atoms with Crippen molar-refractivity contribution < 1.29 is 0 Å². The molecule has 0 bridgehead atoms. The average Bonchev–Trinajstić information content (AvgIpc) is 2.31. The van der Waals surface area contributed by atoms with Crippen LogP contribution in [-0.2, 0) is 0 Å². The topological polar surface area (TPSA) is 0 Å². The summed E-state index contributed by atoms with van der Waals surface area (Å²) >= 11 is 5.21. The molecule has 0 saturated heterocycles. The van der Waals surface area contributed by atoms with Crippen LogP contribution in [-0.4, -0.2) is 0 Å². The third kappa shape index (κ3) is 1.85. The molecule has 0 saturated carbocycles. The quantitative estimate of drug-likeness (QED) is 0.646. The van der Waals surface area contributed by atoms with Gasteiger partial charge in [-0.1, -0.05) is 5.92 Å². The summed E-state index contributed by atoms with van der Waals surface area (Å²) in [5.74, 6) is 2.95. The first kappa shape index (κ1) is 8.83. The number of rotatable bonds is 1. The number of halogens is 1. The third-order valence-electron chi connectivity index (χ3n) is 1.55. The zero-order chi connectivity index (χ0) is 8.43. The third-order valence-corrected chi connectivity index (χ3v) is 3.87. The highest BCUT2D eigenvalue weighted by molar-refractivity contribution is 9.10. The maximum absolute atomic E-state index is 5.30. The largest absolute Gasteiger partial charge is 0.143 e. The summed E-state index contributed by atoms with van der Waals surface area (Å²) in [5, 5.41) is 0. The monoisotopic (exact) mass is 228 g/mol. The van der Waals surface area contributed by atoms with Crippen molar-refractivity contribution in [3.05, 3.63) is 20.3 Å². The Kier molecular flexibility index (Phi) is 2.75. The molecular weight excluding hydrogens is 220 g/mol. The second-order valence-electron chi connectivity index (χ2n) is 2.44. The van der Waals surface area contributed by atoms with Crippen LogP contribution in [0.3, 0.4) is 0 Å². The van der Waals surface area contributed by atoms with E-state index in [-0.39, 0.29) is 5.92 Å². The van der Waals surface area contributed by atoms with E-state index in [0.29, 0.717) is 0 Å². The normalized spacial score (nSPS) is 12.5. The van der Waals surface area contributed by atoms with Gasteiger partial charge >= 0.3 is 0 Å². The maximum atomic E-state index is 5.30. The molecule has 58 valence electrons. The van der Waals surface area contributed by atoms with Gasteiger partial charge in [0.05, 0.1) is 5.92 Å². The smallest absolute Gasteiger partial charge is 0.0515 e. The van der Waals surface area contributed by atoms with E-state index in [4.69, 9.17) is 6.42 Å². The fraction of sp³-hybridized carbons (Fsp3) is 0.333. The Hall–Kier alpha value is -0.260. The van der Waals surface area contributed by atoms with Crippen LogP contribution in [0.25, 0.3) is 0 Å². The molecule has 0 nitrogen and oxygen atoms in total. The summed E-state index contributed by atoms with van der Waals surface area (Å²) in [6, 6.07) is 2.10. The van der Waals surface area contributed by atoms with E-state index in [2.05, 4.69) is 34.8 Å². The molecule has 1 aromatic heterocycles. The van der Waals surface area contributed by atoms with Gasteiger partial charge in [-0.2, -0.15) is 0 Å². The minimum atomic E-state index is 0.241. The van der Waals surface area contributed by atoms with E-state index < -0.39 is 0 Å². The highest BCUT2D eigenvalue weighted by Crippen LogP contribution is 2.30. The number of terminal acetylenes is 1. The molecule has 1 aromatic rings. The molecule has 0 aromatic carbocycles. The summed E-state index contributed by atoms with van der Waals surface area (Å²) in [6.07, 6.45) is 5.30. The van der Waals surface area contributed by atoms with Gasteiger partial charge in [-0.25, -0.2) is 0 Å². The predicted octanol–water partition coefficient (Wildman–Crippen LogP) is 3.56. The Labute approximate surface area is 79.8 Å². The van der Waals surface area contributed by atoms with Crippen LogP contribution in [0.5, 0.6) is 0 Å². The Morgan fingerprint density at radius 1 is 1.73 bits per heavy atom. The lowest BCUT2D eigenvalue weighted by atomic mass is 10.1. The van der Waals surface area contributed by atoms with Crippen molar-refractivity contribution in [3.63, 3.8) is 0 Å². The zero-order valence-electron chi connectivity index (χ0n) is 6.52. The van der Waals surface area contributed by atoms with Gasteiger partial charge in [0, 0.05) is 14.2 Å². The molecule has 11 heavy (non-hydrogen) atoms. The second kappa shape index (κ2) is 3.42. The molecule has 1 unspecified atom stereocenters. The molecule has 0 aliphatic carbocycles. The number of hydrogen-bond acceptors (Lipinski definition) is 1. The van der Waals surface area contributed by atoms with E-state index in [1.54, 1.807) is 11.3 Å². The lowest BCUT2D eigenvalue weighted by Crippen LogP contribution is -1.81. The molecule has 0 fully saturated rings. The van der Waals surface area contributed by atoms with Gasteiger partial charge in [0.1, 0.15) is 0 Å². The summed E-state index contributed by atoms with van der Waals surface area (Å²) in [4.78, 5) is 2.55. The van der Waals surface area contributed by atoms with Crippen LogP contribution >= 0.6 is 27.3 Å². The predicted molar refractivity (Wildman–Crippen MR) is 54.0 cm³/mol. The van der Waals surface area contributed by atoms with Crippen LogP contribution in [0.15, 0.2) is 10.5 Å². The van der Waals surface area contributed by atoms with E-state index in [1.165, 1.54) is 14.2 Å². The summed E-state index contributed by atoms with van der Waals surface area (Å²) in [6.45, 7) is 4.12. The Bertz CT molecular complexity index is 274. The molecule has 0 spiro atoms. The van der Waals surface area contributed by atoms with Crippen molar-refractivity contribution in [2.45, 2.75) is 19.8 Å². The van der Waals surface area contributed by atoms with Crippen molar-refractivity contribution >= 4 is 27.3 Å². The van der Waals surface area contributed by atoms with Gasteiger partial charge in [0.15, 0.2) is 0 Å². The SMILES string of the molecule is C#CC(C)c1cc(Br)c(C)s1. The molecule has 1 rings (SSSR count). The first-order valence-electron chi connectivity index (χ1n) is 3.37. The van der Waals surface area contributed by atoms with Crippen molar-refractivity contribution in [2.75, 3.05) is 0 Å². The lowest BCUT2D eigenvalue weighted by molar-refractivity contribution is 1.04. The Balaban J connectivity index is 2.99. The maximum Gasteiger partial charge on any atom is 0.0515 e. The van der Waals surface area contributed by atoms with Gasteiger partial charge in [0.2, 0.25) is 0 Å². The summed E-state index contributed by atoms with van der Waals surface area (Å²) in [5.41, 5.74) is 0. The summed E-state index contributed by atoms with van der Waals surface area (Å²) < 4.78 is 1.17. The molecule has 0 amide bonds. The van der Waals surface area contributed by atoms with Gasteiger partial charge in [-0.05, 0) is 35.8 Å². The van der Waals surface area contributed by atoms with E-state index >= 15 is 0 Å². The molecule has 0 radical (unpaired) electrons. The standard InChI is InChI=1S/C9H9BrS/c1-4-6(2)9-5-8(10)7(3)11-9/h1,5-6H,2-3H3. The first-order valence-corrected chi connectivity index (χ1v) is 4.98. The van der Waals surface area contributed by atoms with Crippen LogP contribution in [0.2, 0.25) is 0 Å². The molecule has 2 heteroatoms. The Morgan fingerprint density at radius 3 is 2.73 bits per heavy atom. The van der Waals surface area contributed by atoms with E-state index in [0.717, 1.165) is 0 Å². The van der Waals surface area contributed by atoms with Crippen molar-refractivity contribution in [1.29, 1.82) is 0 Å². The van der Waals surface area contributed by atoms with Crippen LogP contribution in [0.1, 0.15) is 22.6 Å². The molecule has 1 heterocycles. The molecule has 1 atom stereocenters. The Morgan fingerprint density at radius 2 is 2.36 bits per heavy atom. The van der Waals surface area contributed by atoms with Gasteiger partial charge in [-0.3, -0.25) is 0 Å². The minimum absolute atomic E-state index is 0.241. The average molecular weight is 229 g/mol. The van der Waals surface area contributed by atoms with Crippen LogP contribution in [0.4, 0.5) is 0 Å². The molecular formula is C9H9BrS. The lowest BCUT2D eigenvalue weighted by Gasteiger charge is -1.95. The first-order chi connectivity index (χ1) is 5.15. The van der Waals surface area contributed by atoms with Crippen molar-refractivity contribution in [1.82, 2.24) is 0 Å². The van der Waals surface area contributed by atoms with Crippen LogP contribution in [0, 0.1) is 19.3 Å². The molecule has 0 aliphatic heterocycles. The van der Waals surface area contributed by atoms with Gasteiger partial charge in [-0.15, -0.1) is 17.8 Å². The molecule has 0 aliphatic rings. The number of thiophene rings is 1. The van der Waals surface area contributed by atoms with Crippen molar-refractivity contribution in [3.8, 4) is 12.3 Å². The second-order valence-corrected chi connectivity index (χ2v) is 4.58. The molecule has 0 N–H and O–H groups in total. The zero-order valence-corrected chi connectivity index (χ0v) is 8.92. The highest BCUT2D eigenvalue weighted by Gasteiger charge is 2.06. The fourth-order valence-corrected chi connectivity index (χ4v) is 2.35.